The van der Waals surface area contributed by atoms with Gasteiger partial charge in [0, 0.05) is 43.4 Å². The minimum Gasteiger partial charge on any atom is -0.367 e. The van der Waals surface area contributed by atoms with Gasteiger partial charge in [0.2, 0.25) is 0 Å². The van der Waals surface area contributed by atoms with Crippen molar-refractivity contribution in [2.75, 3.05) is 31.1 Å². The van der Waals surface area contributed by atoms with E-state index in [0.717, 1.165) is 26.2 Å². The molecule has 2 heterocycles. The summed E-state index contributed by atoms with van der Waals surface area (Å²) in [4.78, 5) is 2.48. The fourth-order valence-electron chi connectivity index (χ4n) is 3.12. The van der Waals surface area contributed by atoms with Crippen LogP contribution in [0.5, 0.6) is 0 Å². The SMILES string of the molecule is c1ccc(-n2cc(N3CCNCC3)c3ccccc32)cc1. The van der Waals surface area contributed by atoms with E-state index in [-0.39, 0.29) is 0 Å². The standard InChI is InChI=1S/C18H19N3/c1-2-6-15(7-3-1)21-14-18(20-12-10-19-11-13-20)16-8-4-5-9-17(16)21/h1-9,14,19H,10-13H2. The monoisotopic (exact) mass is 277 g/mol. The molecule has 1 aliphatic heterocycles. The summed E-state index contributed by atoms with van der Waals surface area (Å²) >= 11 is 0. The summed E-state index contributed by atoms with van der Waals surface area (Å²) < 4.78 is 2.30. The van der Waals surface area contributed by atoms with Crippen LogP contribution < -0.4 is 10.2 Å². The number of nitrogens with zero attached hydrogens (tertiary/aromatic N) is 2. The number of anilines is 1. The second-order valence-corrected chi connectivity index (χ2v) is 5.47. The van der Waals surface area contributed by atoms with E-state index in [0.29, 0.717) is 0 Å². The van der Waals surface area contributed by atoms with E-state index < -0.39 is 0 Å². The summed E-state index contributed by atoms with van der Waals surface area (Å²) in [5.41, 5.74) is 3.84. The van der Waals surface area contributed by atoms with Crippen LogP contribution in [-0.4, -0.2) is 30.7 Å². The number of aromatic nitrogens is 1. The van der Waals surface area contributed by atoms with Crippen LogP contribution >= 0.6 is 0 Å². The smallest absolute Gasteiger partial charge is 0.0631 e. The molecule has 0 aliphatic carbocycles. The predicted molar refractivity (Wildman–Crippen MR) is 88.4 cm³/mol. The molecule has 1 fully saturated rings. The third-order valence-corrected chi connectivity index (χ3v) is 4.18. The Hall–Kier alpha value is -2.26. The largest absolute Gasteiger partial charge is 0.367 e. The Balaban J connectivity index is 1.88. The van der Waals surface area contributed by atoms with Crippen molar-refractivity contribution in [2.24, 2.45) is 0 Å². The van der Waals surface area contributed by atoms with Gasteiger partial charge in [0.25, 0.3) is 0 Å². The number of fused-ring (bicyclic) bond motifs is 1. The maximum Gasteiger partial charge on any atom is 0.0631 e. The third-order valence-electron chi connectivity index (χ3n) is 4.18. The first-order valence-corrected chi connectivity index (χ1v) is 7.55. The first kappa shape index (κ1) is 12.5. The molecular weight excluding hydrogens is 258 g/mol. The minimum atomic E-state index is 1.06. The second-order valence-electron chi connectivity index (χ2n) is 5.47. The molecule has 0 unspecified atom stereocenters. The van der Waals surface area contributed by atoms with Gasteiger partial charge in [-0.3, -0.25) is 0 Å². The van der Waals surface area contributed by atoms with Crippen LogP contribution in [0.3, 0.4) is 0 Å². The van der Waals surface area contributed by atoms with Crippen molar-refractivity contribution >= 4 is 16.6 Å². The molecule has 3 aromatic rings. The zero-order chi connectivity index (χ0) is 14.1. The van der Waals surface area contributed by atoms with Crippen LogP contribution in [0.4, 0.5) is 5.69 Å². The second kappa shape index (κ2) is 5.26. The highest BCUT2D eigenvalue weighted by Crippen LogP contribution is 2.31. The maximum atomic E-state index is 3.42. The van der Waals surface area contributed by atoms with Gasteiger partial charge in [-0.15, -0.1) is 0 Å². The zero-order valence-electron chi connectivity index (χ0n) is 12.0. The van der Waals surface area contributed by atoms with E-state index in [4.69, 9.17) is 0 Å². The van der Waals surface area contributed by atoms with Crippen molar-refractivity contribution in [1.82, 2.24) is 9.88 Å². The van der Waals surface area contributed by atoms with Crippen molar-refractivity contribution in [3.05, 3.63) is 60.8 Å². The molecular formula is C18H19N3. The van der Waals surface area contributed by atoms with E-state index >= 15 is 0 Å². The number of rotatable bonds is 2. The Morgan fingerprint density at radius 3 is 2.33 bits per heavy atom. The van der Waals surface area contributed by atoms with Crippen LogP contribution in [0.25, 0.3) is 16.6 Å². The summed E-state index contributed by atoms with van der Waals surface area (Å²) in [6.07, 6.45) is 2.28. The molecule has 0 amide bonds. The van der Waals surface area contributed by atoms with Gasteiger partial charge in [0.15, 0.2) is 0 Å². The van der Waals surface area contributed by atoms with Crippen molar-refractivity contribution in [2.45, 2.75) is 0 Å². The highest BCUT2D eigenvalue weighted by Gasteiger charge is 2.16. The molecule has 0 atom stereocenters. The van der Waals surface area contributed by atoms with Crippen LogP contribution in [0.15, 0.2) is 60.8 Å². The molecule has 0 radical (unpaired) electrons. The highest BCUT2D eigenvalue weighted by molar-refractivity contribution is 5.94. The Labute approximate surface area is 124 Å². The van der Waals surface area contributed by atoms with E-state index in [2.05, 4.69) is 75.6 Å². The molecule has 2 aromatic carbocycles. The van der Waals surface area contributed by atoms with E-state index in [9.17, 15) is 0 Å². The molecule has 21 heavy (non-hydrogen) atoms. The Morgan fingerprint density at radius 2 is 1.52 bits per heavy atom. The molecule has 0 bridgehead atoms. The van der Waals surface area contributed by atoms with Gasteiger partial charge in [-0.25, -0.2) is 0 Å². The lowest BCUT2D eigenvalue weighted by Gasteiger charge is -2.28. The number of hydrogen-bond acceptors (Lipinski definition) is 2. The van der Waals surface area contributed by atoms with E-state index in [1.165, 1.54) is 22.3 Å². The summed E-state index contributed by atoms with van der Waals surface area (Å²) in [6, 6.07) is 19.2. The fourth-order valence-corrected chi connectivity index (χ4v) is 3.12. The number of para-hydroxylation sites is 2. The Bertz CT molecular complexity index is 740. The average Bonchev–Trinajstić information content (AvgIpc) is 2.96. The lowest BCUT2D eigenvalue weighted by atomic mass is 10.2. The first-order chi connectivity index (χ1) is 10.4. The molecule has 1 N–H and O–H groups in total. The summed E-state index contributed by atoms with van der Waals surface area (Å²) in [6.45, 7) is 4.27. The molecule has 4 rings (SSSR count). The van der Waals surface area contributed by atoms with Gasteiger partial charge in [-0.05, 0) is 18.2 Å². The summed E-state index contributed by atoms with van der Waals surface area (Å²) in [5.74, 6) is 0. The van der Waals surface area contributed by atoms with Crippen molar-refractivity contribution in [3.8, 4) is 5.69 Å². The van der Waals surface area contributed by atoms with Gasteiger partial charge in [-0.1, -0.05) is 36.4 Å². The molecule has 1 aliphatic rings. The van der Waals surface area contributed by atoms with Gasteiger partial charge in [0.1, 0.15) is 0 Å². The van der Waals surface area contributed by atoms with E-state index in [1.54, 1.807) is 0 Å². The van der Waals surface area contributed by atoms with Gasteiger partial charge >= 0.3 is 0 Å². The van der Waals surface area contributed by atoms with Crippen LogP contribution in [-0.2, 0) is 0 Å². The quantitative estimate of drug-likeness (QED) is 0.777. The minimum absolute atomic E-state index is 1.06. The predicted octanol–water partition coefficient (Wildman–Crippen LogP) is 3.04. The lowest BCUT2D eigenvalue weighted by molar-refractivity contribution is 0.590. The number of nitrogens with one attached hydrogen (secondary N) is 1. The first-order valence-electron chi connectivity index (χ1n) is 7.55. The van der Waals surface area contributed by atoms with Gasteiger partial charge in [0.05, 0.1) is 11.2 Å². The highest BCUT2D eigenvalue weighted by atomic mass is 15.2. The molecule has 1 saturated heterocycles. The Morgan fingerprint density at radius 1 is 0.810 bits per heavy atom. The van der Waals surface area contributed by atoms with Crippen molar-refractivity contribution < 1.29 is 0 Å². The fraction of sp³-hybridized carbons (Fsp3) is 0.222. The molecule has 0 spiro atoms. The third kappa shape index (κ3) is 2.20. The van der Waals surface area contributed by atoms with Crippen LogP contribution in [0, 0.1) is 0 Å². The summed E-state index contributed by atoms with van der Waals surface area (Å²) in [5, 5.41) is 4.76. The van der Waals surface area contributed by atoms with Gasteiger partial charge < -0.3 is 14.8 Å². The summed E-state index contributed by atoms with van der Waals surface area (Å²) in [7, 11) is 0. The zero-order valence-corrected chi connectivity index (χ0v) is 12.0. The maximum absolute atomic E-state index is 3.42. The van der Waals surface area contributed by atoms with Crippen LogP contribution in [0.2, 0.25) is 0 Å². The normalized spacial score (nSPS) is 15.5. The lowest BCUT2D eigenvalue weighted by Crippen LogP contribution is -2.43. The molecule has 3 nitrogen and oxygen atoms in total. The van der Waals surface area contributed by atoms with E-state index in [1.807, 2.05) is 0 Å². The van der Waals surface area contributed by atoms with Crippen LogP contribution in [0.1, 0.15) is 0 Å². The Kier molecular flexibility index (Phi) is 3.13. The average molecular weight is 277 g/mol. The molecule has 3 heteroatoms. The van der Waals surface area contributed by atoms with Crippen molar-refractivity contribution in [1.29, 1.82) is 0 Å². The van der Waals surface area contributed by atoms with Crippen molar-refractivity contribution in [3.63, 3.8) is 0 Å². The number of piperazine rings is 1. The van der Waals surface area contributed by atoms with Gasteiger partial charge in [-0.2, -0.15) is 0 Å². The number of hydrogen-bond donors (Lipinski definition) is 1. The molecule has 0 saturated carbocycles. The molecule has 1 aromatic heterocycles. The number of benzene rings is 2. The topological polar surface area (TPSA) is 20.2 Å². The molecule has 106 valence electrons.